The number of aryl methyl sites for hydroxylation is 1. The van der Waals surface area contributed by atoms with Crippen LogP contribution >= 0.6 is 0 Å². The van der Waals surface area contributed by atoms with E-state index in [4.69, 9.17) is 0 Å². The first-order valence-corrected chi connectivity index (χ1v) is 11.2. The third kappa shape index (κ3) is 4.85. The van der Waals surface area contributed by atoms with Crippen molar-refractivity contribution < 1.29 is 31.5 Å². The number of halogens is 3. The minimum absolute atomic E-state index is 0.156. The maximum atomic E-state index is 13.3. The van der Waals surface area contributed by atoms with Gasteiger partial charge in [-0.15, -0.1) is 0 Å². The van der Waals surface area contributed by atoms with Gasteiger partial charge in [0.15, 0.2) is 0 Å². The summed E-state index contributed by atoms with van der Waals surface area (Å²) < 4.78 is 68.6. The van der Waals surface area contributed by atoms with Crippen LogP contribution in [0.3, 0.4) is 0 Å². The van der Waals surface area contributed by atoms with Crippen molar-refractivity contribution in [1.82, 2.24) is 4.90 Å². The van der Waals surface area contributed by atoms with Crippen LogP contribution in [0, 0.1) is 0 Å². The number of aromatic carboxylic acids is 1. The fourth-order valence-electron chi connectivity index (χ4n) is 3.84. The van der Waals surface area contributed by atoms with E-state index in [2.05, 4.69) is 4.72 Å². The molecule has 1 aliphatic heterocycles. The van der Waals surface area contributed by atoms with Crippen LogP contribution in [0.2, 0.25) is 0 Å². The molecule has 6 nitrogen and oxygen atoms in total. The molecule has 1 fully saturated rings. The van der Waals surface area contributed by atoms with Crippen LogP contribution in [0.25, 0.3) is 0 Å². The van der Waals surface area contributed by atoms with Gasteiger partial charge in [0, 0.05) is 6.04 Å². The molecule has 10 heteroatoms. The predicted molar refractivity (Wildman–Crippen MR) is 110 cm³/mol. The maximum Gasteiger partial charge on any atom is 0.416 e. The zero-order valence-electron chi connectivity index (χ0n) is 17.0. The normalized spacial score (nSPS) is 17.6. The number of nitrogens with zero attached hydrogens (tertiary/aromatic N) is 1. The van der Waals surface area contributed by atoms with Gasteiger partial charge < -0.3 is 5.11 Å². The highest BCUT2D eigenvalue weighted by Crippen LogP contribution is 2.39. The summed E-state index contributed by atoms with van der Waals surface area (Å²) in [5, 5.41) is 9.23. The Morgan fingerprint density at radius 2 is 1.94 bits per heavy atom. The van der Waals surface area contributed by atoms with E-state index in [0.717, 1.165) is 31.2 Å². The zero-order valence-corrected chi connectivity index (χ0v) is 17.8. The van der Waals surface area contributed by atoms with E-state index in [1.54, 1.807) is 6.92 Å². The highest BCUT2D eigenvalue weighted by Gasteiger charge is 2.34. The molecule has 0 aliphatic carbocycles. The summed E-state index contributed by atoms with van der Waals surface area (Å²) in [6.07, 6.45) is -2.81. The molecule has 0 saturated carbocycles. The Bertz CT molecular complexity index is 1100. The van der Waals surface area contributed by atoms with Crippen molar-refractivity contribution in [3.8, 4) is 0 Å². The van der Waals surface area contributed by atoms with Gasteiger partial charge >= 0.3 is 12.1 Å². The topological polar surface area (TPSA) is 86.7 Å². The van der Waals surface area contributed by atoms with E-state index in [1.165, 1.54) is 18.2 Å². The van der Waals surface area contributed by atoms with Crippen LogP contribution in [-0.4, -0.2) is 38.0 Å². The third-order valence-electron chi connectivity index (χ3n) is 5.49. The fraction of sp³-hybridized carbons (Fsp3) is 0.381. The summed E-state index contributed by atoms with van der Waals surface area (Å²) in [5.74, 6) is -1.30. The molecule has 1 heterocycles. The van der Waals surface area contributed by atoms with E-state index in [9.17, 15) is 31.5 Å². The molecular weight excluding hydrogens is 433 g/mol. The molecule has 168 valence electrons. The molecule has 2 N–H and O–H groups in total. The largest absolute Gasteiger partial charge is 0.478 e. The summed E-state index contributed by atoms with van der Waals surface area (Å²) in [6.45, 7) is 2.45. The number of anilines is 1. The van der Waals surface area contributed by atoms with Crippen LogP contribution in [0.5, 0.6) is 0 Å². The molecule has 1 aliphatic rings. The predicted octanol–water partition coefficient (Wildman–Crippen LogP) is 4.53. The van der Waals surface area contributed by atoms with Gasteiger partial charge in [-0.2, -0.15) is 13.2 Å². The quantitative estimate of drug-likeness (QED) is 0.667. The first-order chi connectivity index (χ1) is 14.4. The molecule has 1 saturated heterocycles. The second-order valence-electron chi connectivity index (χ2n) is 7.53. The zero-order chi connectivity index (χ0) is 23.0. The van der Waals surface area contributed by atoms with E-state index in [1.807, 2.05) is 11.9 Å². The highest BCUT2D eigenvalue weighted by atomic mass is 32.2. The molecule has 0 aromatic heterocycles. The second-order valence-corrected chi connectivity index (χ2v) is 9.18. The van der Waals surface area contributed by atoms with Gasteiger partial charge in [0.1, 0.15) is 0 Å². The molecule has 0 spiro atoms. The number of alkyl halides is 3. The Labute approximate surface area is 178 Å². The van der Waals surface area contributed by atoms with Crippen molar-refractivity contribution in [2.24, 2.45) is 0 Å². The highest BCUT2D eigenvalue weighted by molar-refractivity contribution is 7.92. The number of sulfonamides is 1. The monoisotopic (exact) mass is 456 g/mol. The van der Waals surface area contributed by atoms with Gasteiger partial charge in [-0.3, -0.25) is 9.62 Å². The molecule has 3 rings (SSSR count). The summed E-state index contributed by atoms with van der Waals surface area (Å²) in [7, 11) is -2.51. The van der Waals surface area contributed by atoms with Crippen LogP contribution in [0.4, 0.5) is 18.9 Å². The molecule has 2 aromatic carbocycles. The molecule has 0 amide bonds. The van der Waals surface area contributed by atoms with Gasteiger partial charge in [0.2, 0.25) is 0 Å². The summed E-state index contributed by atoms with van der Waals surface area (Å²) in [4.78, 5) is 13.0. The van der Waals surface area contributed by atoms with Crippen molar-refractivity contribution >= 4 is 21.7 Å². The van der Waals surface area contributed by atoms with Crippen LogP contribution in [-0.2, 0) is 22.6 Å². The minimum Gasteiger partial charge on any atom is -0.478 e. The van der Waals surface area contributed by atoms with Gasteiger partial charge in [0.05, 0.1) is 21.7 Å². The fourth-order valence-corrected chi connectivity index (χ4v) is 5.26. The number of carboxylic acids is 1. The summed E-state index contributed by atoms with van der Waals surface area (Å²) >= 11 is 0. The molecule has 2 aromatic rings. The first-order valence-electron chi connectivity index (χ1n) is 9.74. The van der Waals surface area contributed by atoms with E-state index in [0.29, 0.717) is 24.0 Å². The minimum atomic E-state index is -4.64. The Morgan fingerprint density at radius 1 is 1.23 bits per heavy atom. The lowest BCUT2D eigenvalue weighted by Crippen LogP contribution is -2.22. The Balaban J connectivity index is 2.12. The van der Waals surface area contributed by atoms with Crippen molar-refractivity contribution in [1.29, 1.82) is 0 Å². The number of hydrogen-bond donors (Lipinski definition) is 2. The molecule has 0 bridgehead atoms. The number of carboxylic acid groups (broad SMARTS) is 1. The van der Waals surface area contributed by atoms with Crippen LogP contribution in [0.15, 0.2) is 41.3 Å². The third-order valence-corrected chi connectivity index (χ3v) is 6.94. The Hall–Kier alpha value is -2.59. The van der Waals surface area contributed by atoms with Crippen molar-refractivity contribution in [3.05, 3.63) is 58.7 Å². The molecule has 1 unspecified atom stereocenters. The molecule has 1 atom stereocenters. The summed E-state index contributed by atoms with van der Waals surface area (Å²) in [6, 6.07) is 6.54. The number of benzene rings is 2. The SMILES string of the molecule is CCc1ccc(C(=O)O)cc1S(=O)(=O)Nc1cc(C(F)(F)F)ccc1C1CCCN1C. The standard InChI is InChI=1S/C21H23F3N2O4S/c1-3-13-6-7-14(20(27)28)11-19(13)31(29,30)25-17-12-15(21(22,23)24)8-9-16(17)18-5-4-10-26(18)2/h6-9,11-12,18,25H,3-5,10H2,1-2H3,(H,27,28). The van der Waals surface area contributed by atoms with Gasteiger partial charge in [-0.05, 0) is 68.2 Å². The molecular formula is C21H23F3N2O4S. The van der Waals surface area contributed by atoms with Gasteiger partial charge in [-0.25, -0.2) is 13.2 Å². The number of likely N-dealkylation sites (tertiary alicyclic amines) is 1. The van der Waals surface area contributed by atoms with Crippen molar-refractivity contribution in [2.45, 2.75) is 43.3 Å². The van der Waals surface area contributed by atoms with Gasteiger partial charge in [-0.1, -0.05) is 19.1 Å². The van der Waals surface area contributed by atoms with Crippen molar-refractivity contribution in [2.75, 3.05) is 18.3 Å². The van der Waals surface area contributed by atoms with Crippen LogP contribution in [0.1, 0.15) is 52.9 Å². The second kappa shape index (κ2) is 8.51. The van der Waals surface area contributed by atoms with E-state index < -0.39 is 27.7 Å². The number of carbonyl (C=O) groups is 1. The molecule has 31 heavy (non-hydrogen) atoms. The maximum absolute atomic E-state index is 13.3. The van der Waals surface area contributed by atoms with Gasteiger partial charge in [0.25, 0.3) is 10.0 Å². The number of rotatable bonds is 6. The lowest BCUT2D eigenvalue weighted by molar-refractivity contribution is -0.137. The van der Waals surface area contributed by atoms with E-state index in [-0.39, 0.29) is 22.2 Å². The average Bonchev–Trinajstić information content (AvgIpc) is 3.12. The lowest BCUT2D eigenvalue weighted by atomic mass is 10.0. The lowest BCUT2D eigenvalue weighted by Gasteiger charge is -2.24. The first kappa shape index (κ1) is 23.1. The Kier molecular flexibility index (Phi) is 6.33. The van der Waals surface area contributed by atoms with Crippen LogP contribution < -0.4 is 4.72 Å². The number of hydrogen-bond acceptors (Lipinski definition) is 4. The average molecular weight is 456 g/mol. The smallest absolute Gasteiger partial charge is 0.416 e. The number of nitrogens with one attached hydrogen (secondary N) is 1. The van der Waals surface area contributed by atoms with E-state index >= 15 is 0 Å². The molecule has 0 radical (unpaired) electrons. The Morgan fingerprint density at radius 3 is 2.48 bits per heavy atom. The summed E-state index contributed by atoms with van der Waals surface area (Å²) in [5.41, 5.74) is -0.536. The van der Waals surface area contributed by atoms with Crippen molar-refractivity contribution in [3.63, 3.8) is 0 Å².